The van der Waals surface area contributed by atoms with E-state index in [0.717, 1.165) is 16.4 Å². The topological polar surface area (TPSA) is 90.7 Å². The largest absolute Gasteiger partial charge is 0.278 e. The fourth-order valence-corrected chi connectivity index (χ4v) is 2.59. The van der Waals surface area contributed by atoms with E-state index in [1.165, 1.54) is 16.7 Å². The van der Waals surface area contributed by atoms with Crippen molar-refractivity contribution in [2.45, 2.75) is 0 Å². The molecule has 0 aliphatic heterocycles. The standard InChI is InChI=1S/C9H7N.C7H6N2.C3H3N3S/c1-2-6-9-8(4-1)5-3-7-10-9;1-2-4-7-6(3-1)5-8-9-7;4-6-3-5-1-2-7-3/h1-7H;1-5H,(H,8,9);1-2,4H. The Labute approximate surface area is 154 Å². The van der Waals surface area contributed by atoms with Crippen molar-refractivity contribution in [1.82, 2.24) is 20.2 Å². The summed E-state index contributed by atoms with van der Waals surface area (Å²) in [6.45, 7) is 0. The van der Waals surface area contributed by atoms with Gasteiger partial charge in [0.25, 0.3) is 0 Å². The number of hydrogen-bond donors (Lipinski definition) is 2. The number of aromatic amines is 1. The van der Waals surface area contributed by atoms with Gasteiger partial charge in [-0.3, -0.25) is 10.1 Å². The van der Waals surface area contributed by atoms with Gasteiger partial charge in [-0.25, -0.2) is 10.5 Å². The van der Waals surface area contributed by atoms with Gasteiger partial charge in [0.1, 0.15) is 0 Å². The average Bonchev–Trinajstić information content (AvgIpc) is 3.40. The molecular formula is C19H16N6S. The van der Waals surface area contributed by atoms with Crippen molar-refractivity contribution < 1.29 is 0 Å². The molecule has 3 heterocycles. The second-order valence-electron chi connectivity index (χ2n) is 5.08. The number of nitrogens with zero attached hydrogens (tertiary/aromatic N) is 4. The van der Waals surface area contributed by atoms with Gasteiger partial charge in [-0.2, -0.15) is 5.10 Å². The number of rotatable bonds is 1. The number of fused-ring (bicyclic) bond motifs is 2. The lowest BCUT2D eigenvalue weighted by Gasteiger charge is -1.91. The number of aromatic nitrogens is 4. The van der Waals surface area contributed by atoms with E-state index >= 15 is 0 Å². The van der Waals surface area contributed by atoms with Crippen molar-refractivity contribution in [1.29, 1.82) is 5.53 Å². The van der Waals surface area contributed by atoms with E-state index in [-0.39, 0.29) is 0 Å². The number of hydrogen-bond acceptors (Lipinski definition) is 6. The molecule has 5 aromatic rings. The van der Waals surface area contributed by atoms with E-state index in [2.05, 4.69) is 37.4 Å². The molecule has 0 saturated carbocycles. The maximum atomic E-state index is 6.43. The Morgan fingerprint density at radius 3 is 2.31 bits per heavy atom. The van der Waals surface area contributed by atoms with Crippen LogP contribution in [0.4, 0.5) is 5.13 Å². The number of pyridine rings is 1. The lowest BCUT2D eigenvalue weighted by molar-refractivity contribution is 1.12. The minimum absolute atomic E-state index is 0.514. The highest BCUT2D eigenvalue weighted by Crippen LogP contribution is 2.12. The second kappa shape index (κ2) is 9.14. The van der Waals surface area contributed by atoms with Gasteiger partial charge in [0, 0.05) is 28.5 Å². The number of para-hydroxylation sites is 2. The quantitative estimate of drug-likeness (QED) is 0.381. The predicted molar refractivity (Wildman–Crippen MR) is 105 cm³/mol. The number of thiazole rings is 1. The van der Waals surface area contributed by atoms with Gasteiger partial charge in [-0.1, -0.05) is 42.5 Å². The van der Waals surface area contributed by atoms with E-state index in [1.807, 2.05) is 60.9 Å². The summed E-state index contributed by atoms with van der Waals surface area (Å²) in [5.41, 5.74) is 8.59. The van der Waals surface area contributed by atoms with Crippen LogP contribution in [0.2, 0.25) is 0 Å². The second-order valence-corrected chi connectivity index (χ2v) is 5.95. The first-order chi connectivity index (χ1) is 12.9. The highest BCUT2D eigenvalue weighted by atomic mass is 32.1. The summed E-state index contributed by atoms with van der Waals surface area (Å²) in [4.78, 5) is 7.88. The third kappa shape index (κ3) is 4.78. The van der Waals surface area contributed by atoms with Gasteiger partial charge >= 0.3 is 0 Å². The molecule has 3 aromatic heterocycles. The Morgan fingerprint density at radius 1 is 0.846 bits per heavy atom. The highest BCUT2D eigenvalue weighted by Gasteiger charge is 1.88. The first kappa shape index (κ1) is 17.4. The molecule has 6 nitrogen and oxygen atoms in total. The Balaban J connectivity index is 0.000000115. The van der Waals surface area contributed by atoms with Gasteiger partial charge < -0.3 is 0 Å². The molecule has 0 aliphatic rings. The molecule has 0 fully saturated rings. The third-order valence-corrected chi connectivity index (χ3v) is 4.04. The average molecular weight is 360 g/mol. The number of benzene rings is 2. The van der Waals surface area contributed by atoms with Gasteiger partial charge in [-0.05, 0) is 18.2 Å². The maximum Gasteiger partial charge on any atom is 0.229 e. The summed E-state index contributed by atoms with van der Waals surface area (Å²) >= 11 is 1.36. The predicted octanol–water partition coefficient (Wildman–Crippen LogP) is 5.60. The number of H-pyrrole nitrogens is 1. The molecule has 0 atom stereocenters. The van der Waals surface area contributed by atoms with Crippen molar-refractivity contribution >= 4 is 38.3 Å². The van der Waals surface area contributed by atoms with Crippen LogP contribution in [0.5, 0.6) is 0 Å². The molecule has 0 saturated heterocycles. The Kier molecular flexibility index (Phi) is 6.11. The van der Waals surface area contributed by atoms with Crippen molar-refractivity contribution in [2.24, 2.45) is 5.11 Å². The van der Waals surface area contributed by atoms with Crippen molar-refractivity contribution in [3.05, 3.63) is 84.6 Å². The summed E-state index contributed by atoms with van der Waals surface area (Å²) < 4.78 is 0. The lowest BCUT2D eigenvalue weighted by Crippen LogP contribution is -1.73. The zero-order valence-corrected chi connectivity index (χ0v) is 14.6. The van der Waals surface area contributed by atoms with Crippen LogP contribution in [0.25, 0.3) is 21.8 Å². The summed E-state index contributed by atoms with van der Waals surface area (Å²) in [5, 5.41) is 14.5. The first-order valence-electron chi connectivity index (χ1n) is 7.81. The summed E-state index contributed by atoms with van der Waals surface area (Å²) in [6, 6.07) is 20.1. The first-order valence-corrected chi connectivity index (χ1v) is 8.69. The van der Waals surface area contributed by atoms with Crippen LogP contribution in [-0.4, -0.2) is 20.2 Å². The Morgan fingerprint density at radius 2 is 1.62 bits per heavy atom. The number of nitrogens with one attached hydrogen (secondary N) is 2. The van der Waals surface area contributed by atoms with Crippen molar-refractivity contribution in [2.75, 3.05) is 0 Å². The molecule has 0 spiro atoms. The van der Waals surface area contributed by atoms with Crippen LogP contribution in [0.1, 0.15) is 0 Å². The summed E-state index contributed by atoms with van der Waals surface area (Å²) in [5.74, 6) is 0. The molecule has 0 unspecified atom stereocenters. The minimum atomic E-state index is 0.514. The van der Waals surface area contributed by atoms with E-state index in [4.69, 9.17) is 5.53 Å². The van der Waals surface area contributed by atoms with Crippen LogP contribution < -0.4 is 0 Å². The van der Waals surface area contributed by atoms with Crippen LogP contribution in [-0.2, 0) is 0 Å². The van der Waals surface area contributed by atoms with Crippen LogP contribution >= 0.6 is 11.3 Å². The van der Waals surface area contributed by atoms with E-state index in [0.29, 0.717) is 5.13 Å². The van der Waals surface area contributed by atoms with Gasteiger partial charge in [-0.15, -0.1) is 16.5 Å². The summed E-state index contributed by atoms with van der Waals surface area (Å²) in [6.07, 6.45) is 5.25. The fourth-order valence-electron chi connectivity index (χ4n) is 2.17. The SMILES string of the molecule is N=Nc1nccs1.c1ccc2[nH]ncc2c1.c1ccc2ncccc2c1. The molecular weight excluding hydrogens is 344 g/mol. The molecule has 128 valence electrons. The van der Waals surface area contributed by atoms with E-state index in [1.54, 1.807) is 11.6 Å². The van der Waals surface area contributed by atoms with Crippen LogP contribution in [0.15, 0.2) is 89.7 Å². The van der Waals surface area contributed by atoms with Gasteiger partial charge in [0.2, 0.25) is 5.13 Å². The van der Waals surface area contributed by atoms with Crippen molar-refractivity contribution in [3.63, 3.8) is 0 Å². The van der Waals surface area contributed by atoms with Crippen LogP contribution in [0.3, 0.4) is 0 Å². The van der Waals surface area contributed by atoms with E-state index in [9.17, 15) is 0 Å². The fraction of sp³-hybridized carbons (Fsp3) is 0. The molecule has 0 radical (unpaired) electrons. The maximum absolute atomic E-state index is 6.43. The Bertz CT molecular complexity index is 976. The van der Waals surface area contributed by atoms with Crippen LogP contribution in [0, 0.1) is 5.53 Å². The van der Waals surface area contributed by atoms with Gasteiger partial charge in [0.15, 0.2) is 0 Å². The smallest absolute Gasteiger partial charge is 0.229 e. The molecule has 26 heavy (non-hydrogen) atoms. The Hall–Kier alpha value is -3.45. The zero-order chi connectivity index (χ0) is 18.0. The molecule has 7 heteroatoms. The monoisotopic (exact) mass is 360 g/mol. The normalized spacial score (nSPS) is 9.69. The third-order valence-electron chi connectivity index (χ3n) is 3.38. The van der Waals surface area contributed by atoms with E-state index < -0.39 is 0 Å². The zero-order valence-electron chi connectivity index (χ0n) is 13.8. The molecule has 2 aromatic carbocycles. The molecule has 0 aliphatic carbocycles. The summed E-state index contributed by atoms with van der Waals surface area (Å²) in [7, 11) is 0. The molecule has 2 N–H and O–H groups in total. The van der Waals surface area contributed by atoms with Crippen molar-refractivity contribution in [3.8, 4) is 0 Å². The van der Waals surface area contributed by atoms with Gasteiger partial charge in [0.05, 0.1) is 17.2 Å². The lowest BCUT2D eigenvalue weighted by atomic mass is 10.2. The molecule has 0 amide bonds. The minimum Gasteiger partial charge on any atom is -0.278 e. The highest BCUT2D eigenvalue weighted by molar-refractivity contribution is 7.13. The molecule has 0 bridgehead atoms. The molecule has 5 rings (SSSR count).